The Morgan fingerprint density at radius 1 is 1.09 bits per heavy atom. The fraction of sp³-hybridized carbons (Fsp3) is 0.472. The van der Waals surface area contributed by atoms with Crippen LogP contribution in [-0.4, -0.2) is 95.8 Å². The Kier molecular flexibility index (Phi) is 12.5. The summed E-state index contributed by atoms with van der Waals surface area (Å²) in [6, 6.07) is 7.56. The summed E-state index contributed by atoms with van der Waals surface area (Å²) in [7, 11) is 0. The summed E-state index contributed by atoms with van der Waals surface area (Å²) in [5, 5.41) is 13.1. The van der Waals surface area contributed by atoms with Crippen LogP contribution in [0.3, 0.4) is 0 Å². The number of nitrogens with one attached hydrogen (secondary N) is 1. The van der Waals surface area contributed by atoms with Crippen molar-refractivity contribution >= 4 is 34.7 Å². The van der Waals surface area contributed by atoms with Crippen molar-refractivity contribution in [3.05, 3.63) is 76.6 Å². The molecule has 1 aromatic carbocycles. The number of nitrogens with zero attached hydrogens (tertiary/aromatic N) is 4. The number of alkyl halides is 6. The molecule has 0 bridgehead atoms. The molecule has 0 radical (unpaired) electrons. The molecule has 17 heteroatoms. The number of amides is 2. The summed E-state index contributed by atoms with van der Waals surface area (Å²) >= 11 is 0.389. The number of carbonyl (C=O) groups excluding carboxylic acids is 2. The van der Waals surface area contributed by atoms with E-state index in [0.717, 1.165) is 23.3 Å². The molecule has 0 unspecified atom stereocenters. The van der Waals surface area contributed by atoms with Crippen LogP contribution in [0.5, 0.6) is 11.5 Å². The van der Waals surface area contributed by atoms with Gasteiger partial charge in [0.25, 0.3) is 11.8 Å². The third kappa shape index (κ3) is 8.67. The van der Waals surface area contributed by atoms with Crippen molar-refractivity contribution in [1.29, 1.82) is 0 Å². The van der Waals surface area contributed by atoms with Crippen LogP contribution in [0.4, 0.5) is 37.8 Å². The molecule has 2 atom stereocenters. The van der Waals surface area contributed by atoms with E-state index in [0.29, 0.717) is 42.7 Å². The molecule has 2 saturated heterocycles. The predicted molar refractivity (Wildman–Crippen MR) is 187 cm³/mol. The van der Waals surface area contributed by atoms with E-state index in [2.05, 4.69) is 16.9 Å². The molecule has 10 nitrogen and oxygen atoms in total. The number of hydrogen-bond acceptors (Lipinski definition) is 9. The molecule has 0 spiro atoms. The van der Waals surface area contributed by atoms with Crippen molar-refractivity contribution in [2.45, 2.75) is 56.6 Å². The van der Waals surface area contributed by atoms with Gasteiger partial charge in [-0.2, -0.15) is 26.3 Å². The third-order valence-corrected chi connectivity index (χ3v) is 10.2. The number of piperidine rings is 1. The molecule has 2 fully saturated rings. The van der Waals surface area contributed by atoms with Gasteiger partial charge in [-0.15, -0.1) is 17.9 Å². The van der Waals surface area contributed by atoms with Crippen molar-refractivity contribution in [2.24, 2.45) is 0 Å². The van der Waals surface area contributed by atoms with Crippen molar-refractivity contribution in [3.8, 4) is 11.5 Å². The summed E-state index contributed by atoms with van der Waals surface area (Å²) in [4.78, 5) is 37.2. The smallest absolute Gasteiger partial charge is 0.425 e. The summed E-state index contributed by atoms with van der Waals surface area (Å²) in [5.41, 5.74) is -3.16. The van der Waals surface area contributed by atoms with E-state index in [1.165, 1.54) is 15.9 Å². The van der Waals surface area contributed by atoms with Gasteiger partial charge < -0.3 is 34.6 Å². The number of carbonyl (C=O) groups is 2. The normalized spacial score (nSPS) is 19.5. The minimum Gasteiger partial charge on any atom is -0.489 e. The van der Waals surface area contributed by atoms with E-state index in [9.17, 15) is 41.0 Å². The number of aliphatic hydroxyl groups is 1. The number of thiophene rings is 1. The number of piperazine rings is 1. The number of aliphatic hydroxyl groups excluding tert-OH is 1. The van der Waals surface area contributed by atoms with Crippen LogP contribution >= 0.6 is 11.3 Å². The summed E-state index contributed by atoms with van der Waals surface area (Å²) in [6.07, 6.45) is -6.72. The largest absolute Gasteiger partial charge is 0.489 e. The van der Waals surface area contributed by atoms with E-state index < -0.39 is 51.8 Å². The maximum absolute atomic E-state index is 14.9. The second-order valence-corrected chi connectivity index (χ2v) is 13.5. The highest BCUT2D eigenvalue weighted by molar-refractivity contribution is 7.10. The van der Waals surface area contributed by atoms with Crippen LogP contribution < -0.4 is 19.7 Å². The van der Waals surface area contributed by atoms with Gasteiger partial charge in [-0.05, 0) is 31.0 Å². The Bertz CT molecular complexity index is 1750. The lowest BCUT2D eigenvalue weighted by Gasteiger charge is -2.51. The van der Waals surface area contributed by atoms with E-state index >= 15 is 0 Å². The van der Waals surface area contributed by atoms with Crippen molar-refractivity contribution in [2.75, 3.05) is 62.7 Å². The SMILES string of the molecule is C=CCNc1nccc(C(F)(F)F)c1C(=O)N1CCC[C@@](Oc2csc(C(F)(F)F)c2)(C(=O)N2CCN(c3ccccc3OCCO)CC2)[C@H]1CCC. The Labute approximate surface area is 307 Å². The molecule has 3 aromatic rings. The molecule has 2 aliphatic rings. The molecule has 0 aliphatic carbocycles. The molecule has 2 aromatic heterocycles. The molecular weight excluding hydrogens is 728 g/mol. The highest BCUT2D eigenvalue weighted by atomic mass is 32.1. The molecule has 5 rings (SSSR count). The topological polar surface area (TPSA) is 107 Å². The predicted octanol–water partition coefficient (Wildman–Crippen LogP) is 6.72. The van der Waals surface area contributed by atoms with Crippen LogP contribution in [-0.2, 0) is 17.1 Å². The van der Waals surface area contributed by atoms with Gasteiger partial charge in [0.1, 0.15) is 28.8 Å². The Morgan fingerprint density at radius 3 is 2.47 bits per heavy atom. The maximum Gasteiger partial charge on any atom is 0.425 e. The number of likely N-dealkylation sites (tertiary alicyclic amines) is 1. The first-order valence-electron chi connectivity index (χ1n) is 17.2. The number of pyridine rings is 1. The van der Waals surface area contributed by atoms with Gasteiger partial charge in [0, 0.05) is 63.3 Å². The molecule has 2 amide bonds. The fourth-order valence-corrected chi connectivity index (χ4v) is 7.59. The second-order valence-electron chi connectivity index (χ2n) is 12.6. The number of rotatable bonds is 13. The molecule has 2 aliphatic heterocycles. The monoisotopic (exact) mass is 769 g/mol. The lowest BCUT2D eigenvalue weighted by molar-refractivity contribution is -0.159. The van der Waals surface area contributed by atoms with Gasteiger partial charge >= 0.3 is 12.4 Å². The average Bonchev–Trinajstić information content (AvgIpc) is 3.62. The number of aromatic nitrogens is 1. The van der Waals surface area contributed by atoms with Gasteiger partial charge in [-0.1, -0.05) is 31.6 Å². The van der Waals surface area contributed by atoms with Crippen molar-refractivity contribution in [1.82, 2.24) is 14.8 Å². The van der Waals surface area contributed by atoms with Crippen LogP contribution in [0.1, 0.15) is 53.4 Å². The number of hydrogen-bond donors (Lipinski definition) is 2. The average molecular weight is 770 g/mol. The van der Waals surface area contributed by atoms with Gasteiger partial charge in [0.15, 0.2) is 0 Å². The fourth-order valence-electron chi connectivity index (χ4n) is 6.91. The second kappa shape index (κ2) is 16.7. The highest BCUT2D eigenvalue weighted by Crippen LogP contribution is 2.43. The molecule has 288 valence electrons. The number of benzene rings is 1. The van der Waals surface area contributed by atoms with E-state index in [1.54, 1.807) is 19.1 Å². The molecule has 2 N–H and O–H groups in total. The van der Waals surface area contributed by atoms with Crippen LogP contribution in [0.15, 0.2) is 60.6 Å². The number of ether oxygens (including phenoxy) is 2. The first-order valence-corrected chi connectivity index (χ1v) is 18.1. The first-order chi connectivity index (χ1) is 25.2. The van der Waals surface area contributed by atoms with Crippen LogP contribution in [0, 0.1) is 0 Å². The summed E-state index contributed by atoms with van der Waals surface area (Å²) in [5.74, 6) is -1.63. The van der Waals surface area contributed by atoms with Crippen LogP contribution in [0.2, 0.25) is 0 Å². The van der Waals surface area contributed by atoms with Crippen molar-refractivity contribution in [3.63, 3.8) is 0 Å². The summed E-state index contributed by atoms with van der Waals surface area (Å²) < 4.78 is 96.5. The minimum atomic E-state index is -4.94. The van der Waals surface area contributed by atoms with Gasteiger partial charge in [0.05, 0.1) is 29.5 Å². The third-order valence-electron chi connectivity index (χ3n) is 9.21. The Morgan fingerprint density at radius 2 is 1.83 bits per heavy atom. The lowest BCUT2D eigenvalue weighted by atomic mass is 9.79. The zero-order valence-electron chi connectivity index (χ0n) is 29.0. The van der Waals surface area contributed by atoms with E-state index in [-0.39, 0.29) is 70.2 Å². The molecule has 4 heterocycles. The quantitative estimate of drug-likeness (QED) is 0.146. The first kappa shape index (κ1) is 39.7. The Hall–Kier alpha value is -4.51. The van der Waals surface area contributed by atoms with Gasteiger partial charge in [-0.25, -0.2) is 4.98 Å². The highest BCUT2D eigenvalue weighted by Gasteiger charge is 2.56. The summed E-state index contributed by atoms with van der Waals surface area (Å²) in [6.45, 7) is 6.21. The number of para-hydroxylation sites is 2. The van der Waals surface area contributed by atoms with E-state index in [4.69, 9.17) is 9.47 Å². The standard InChI is InChI=1S/C36H41F6N5O5S/c1-3-8-28-34(52-24-22-29(53-23-24)36(40,41)42,33(50)46-18-16-45(17-19-46)26-9-5-6-10-27(26)51-21-20-48)12-7-15-47(28)32(49)30-25(35(37,38)39)11-14-44-31(30)43-13-4-2/h4-6,9-11,14,22-23,28,48H,2-3,7-8,12-13,15-21H2,1H3,(H,43,44)/t28-,34+/m1/s1. The lowest BCUT2D eigenvalue weighted by Crippen LogP contribution is -2.69. The number of anilines is 2. The van der Waals surface area contributed by atoms with Gasteiger partial charge in [0.2, 0.25) is 5.60 Å². The molecular formula is C36H41F6N5O5S. The van der Waals surface area contributed by atoms with E-state index in [1.807, 2.05) is 17.0 Å². The zero-order chi connectivity index (χ0) is 38.4. The zero-order valence-corrected chi connectivity index (χ0v) is 29.8. The molecule has 0 saturated carbocycles. The van der Waals surface area contributed by atoms with Crippen molar-refractivity contribution < 1.29 is 50.5 Å². The Balaban J connectivity index is 1.54. The number of halogens is 6. The molecule has 53 heavy (non-hydrogen) atoms. The van der Waals surface area contributed by atoms with Gasteiger partial charge in [-0.3, -0.25) is 9.59 Å². The minimum absolute atomic E-state index is 0.00220. The maximum atomic E-state index is 14.9. The van der Waals surface area contributed by atoms with Crippen LogP contribution in [0.25, 0.3) is 0 Å².